The maximum atomic E-state index is 11.1. The van der Waals surface area contributed by atoms with Crippen LogP contribution in [0.15, 0.2) is 35.4 Å². The van der Waals surface area contributed by atoms with Crippen LogP contribution in [0.1, 0.15) is 30.6 Å². The highest BCUT2D eigenvalue weighted by Crippen LogP contribution is 2.26. The van der Waals surface area contributed by atoms with Crippen LogP contribution in [0.4, 0.5) is 0 Å². The monoisotopic (exact) mass is 261 g/mol. The van der Waals surface area contributed by atoms with Gasteiger partial charge < -0.3 is 5.11 Å². The third-order valence-corrected chi connectivity index (χ3v) is 4.04. The average molecular weight is 261 g/mol. The van der Waals surface area contributed by atoms with Crippen LogP contribution < -0.4 is 0 Å². The third kappa shape index (κ3) is 2.64. The standard InChI is InChI=1S/C14H15NO2S/c1-3-9(2)18-13-8-7-10-11(14(16)17)5-4-6-12(10)15-13/h4-9H,3H2,1-2H3,(H,16,17). The van der Waals surface area contributed by atoms with Crippen molar-refractivity contribution in [3.05, 3.63) is 35.9 Å². The minimum absolute atomic E-state index is 0.306. The highest BCUT2D eigenvalue weighted by molar-refractivity contribution is 7.99. The largest absolute Gasteiger partial charge is 0.478 e. The molecule has 0 radical (unpaired) electrons. The predicted octanol–water partition coefficient (Wildman–Crippen LogP) is 3.82. The fraction of sp³-hybridized carbons (Fsp3) is 0.286. The number of aromatic nitrogens is 1. The molecule has 94 valence electrons. The summed E-state index contributed by atoms with van der Waals surface area (Å²) in [6.07, 6.45) is 1.08. The van der Waals surface area contributed by atoms with Crippen molar-refractivity contribution in [3.8, 4) is 0 Å². The van der Waals surface area contributed by atoms with Crippen LogP contribution >= 0.6 is 11.8 Å². The molecular formula is C14H15NO2S. The zero-order valence-electron chi connectivity index (χ0n) is 10.4. The number of fused-ring (bicyclic) bond motifs is 1. The first-order valence-electron chi connectivity index (χ1n) is 5.91. The van der Waals surface area contributed by atoms with Gasteiger partial charge >= 0.3 is 5.97 Å². The average Bonchev–Trinajstić information content (AvgIpc) is 2.37. The Hall–Kier alpha value is -1.55. The number of carbonyl (C=O) groups is 1. The van der Waals surface area contributed by atoms with Crippen LogP contribution in [0.2, 0.25) is 0 Å². The minimum atomic E-state index is -0.912. The molecule has 0 amide bonds. The minimum Gasteiger partial charge on any atom is -0.478 e. The first-order valence-corrected chi connectivity index (χ1v) is 6.79. The molecule has 1 N–H and O–H groups in total. The van der Waals surface area contributed by atoms with Gasteiger partial charge in [0.2, 0.25) is 0 Å². The molecule has 0 fully saturated rings. The van der Waals surface area contributed by atoms with E-state index in [0.717, 1.165) is 17.0 Å². The van der Waals surface area contributed by atoms with Gasteiger partial charge in [0.1, 0.15) is 0 Å². The van der Waals surface area contributed by atoms with Gasteiger partial charge in [-0.3, -0.25) is 0 Å². The van der Waals surface area contributed by atoms with Crippen molar-refractivity contribution in [3.63, 3.8) is 0 Å². The molecule has 1 aromatic heterocycles. The van der Waals surface area contributed by atoms with Gasteiger partial charge in [0.05, 0.1) is 16.1 Å². The number of hydrogen-bond acceptors (Lipinski definition) is 3. The number of pyridine rings is 1. The van der Waals surface area contributed by atoms with Gasteiger partial charge in [0.25, 0.3) is 0 Å². The van der Waals surface area contributed by atoms with Crippen molar-refractivity contribution in [1.29, 1.82) is 0 Å². The smallest absolute Gasteiger partial charge is 0.336 e. The van der Waals surface area contributed by atoms with Gasteiger partial charge in [-0.2, -0.15) is 0 Å². The molecule has 2 rings (SSSR count). The normalized spacial score (nSPS) is 12.6. The molecule has 0 spiro atoms. The van der Waals surface area contributed by atoms with Crippen molar-refractivity contribution in [2.45, 2.75) is 30.5 Å². The second kappa shape index (κ2) is 5.40. The van der Waals surface area contributed by atoms with Crippen molar-refractivity contribution < 1.29 is 9.90 Å². The first kappa shape index (κ1) is 12.9. The molecule has 1 atom stereocenters. The van der Waals surface area contributed by atoms with Crippen LogP contribution in [0.25, 0.3) is 10.9 Å². The quantitative estimate of drug-likeness (QED) is 0.850. The van der Waals surface area contributed by atoms with Crippen LogP contribution in [-0.2, 0) is 0 Å². The van der Waals surface area contributed by atoms with Gasteiger partial charge in [0.15, 0.2) is 0 Å². The number of rotatable bonds is 4. The van der Waals surface area contributed by atoms with Gasteiger partial charge in [-0.1, -0.05) is 19.9 Å². The molecule has 18 heavy (non-hydrogen) atoms. The zero-order valence-corrected chi connectivity index (χ0v) is 11.2. The van der Waals surface area contributed by atoms with E-state index >= 15 is 0 Å². The van der Waals surface area contributed by atoms with Crippen molar-refractivity contribution >= 4 is 28.6 Å². The fourth-order valence-corrected chi connectivity index (χ4v) is 2.55. The fourth-order valence-electron chi connectivity index (χ4n) is 1.68. The maximum absolute atomic E-state index is 11.1. The van der Waals surface area contributed by atoms with Crippen molar-refractivity contribution in [2.75, 3.05) is 0 Å². The van der Waals surface area contributed by atoms with E-state index < -0.39 is 5.97 Å². The van der Waals surface area contributed by atoms with Gasteiger partial charge in [0, 0.05) is 10.6 Å². The molecule has 0 bridgehead atoms. The number of thioether (sulfide) groups is 1. The summed E-state index contributed by atoms with van der Waals surface area (Å²) in [6, 6.07) is 8.93. The predicted molar refractivity (Wildman–Crippen MR) is 74.3 cm³/mol. The summed E-state index contributed by atoms with van der Waals surface area (Å²) in [4.78, 5) is 15.6. The topological polar surface area (TPSA) is 50.2 Å². The van der Waals surface area contributed by atoms with E-state index in [1.54, 1.807) is 23.9 Å². The summed E-state index contributed by atoms with van der Waals surface area (Å²) < 4.78 is 0. The highest BCUT2D eigenvalue weighted by atomic mass is 32.2. The third-order valence-electron chi connectivity index (χ3n) is 2.83. The van der Waals surface area contributed by atoms with Gasteiger partial charge in [-0.05, 0) is 30.7 Å². The van der Waals surface area contributed by atoms with Crippen molar-refractivity contribution in [1.82, 2.24) is 4.98 Å². The van der Waals surface area contributed by atoms with Crippen molar-refractivity contribution in [2.24, 2.45) is 0 Å². The van der Waals surface area contributed by atoms with Gasteiger partial charge in [-0.25, -0.2) is 9.78 Å². The van der Waals surface area contributed by atoms with Crippen LogP contribution in [0, 0.1) is 0 Å². The number of aromatic carboxylic acids is 1. The summed E-state index contributed by atoms with van der Waals surface area (Å²) in [5.41, 5.74) is 1.04. The molecule has 0 aliphatic rings. The van der Waals surface area contributed by atoms with E-state index in [0.29, 0.717) is 16.2 Å². The zero-order chi connectivity index (χ0) is 13.1. The Labute approximate surface area is 110 Å². The second-order valence-electron chi connectivity index (χ2n) is 4.16. The molecule has 0 saturated carbocycles. The Morgan fingerprint density at radius 3 is 2.83 bits per heavy atom. The highest BCUT2D eigenvalue weighted by Gasteiger charge is 2.10. The summed E-state index contributed by atoms with van der Waals surface area (Å²) in [5.74, 6) is -0.912. The maximum Gasteiger partial charge on any atom is 0.336 e. The number of hydrogen-bond donors (Lipinski definition) is 1. The Bertz CT molecular complexity index is 583. The lowest BCUT2D eigenvalue weighted by Gasteiger charge is -2.08. The lowest BCUT2D eigenvalue weighted by Crippen LogP contribution is -1.99. The molecule has 0 aliphatic carbocycles. The number of carboxylic acid groups (broad SMARTS) is 1. The van der Waals surface area contributed by atoms with Crippen LogP contribution in [0.3, 0.4) is 0 Å². The number of benzene rings is 1. The molecule has 1 aromatic carbocycles. The van der Waals surface area contributed by atoms with E-state index in [2.05, 4.69) is 18.8 Å². The van der Waals surface area contributed by atoms with E-state index in [1.807, 2.05) is 18.2 Å². The summed E-state index contributed by atoms with van der Waals surface area (Å²) in [5, 5.41) is 11.3. The lowest BCUT2D eigenvalue weighted by molar-refractivity contribution is 0.0699. The Balaban J connectivity index is 2.44. The summed E-state index contributed by atoms with van der Waals surface area (Å²) in [7, 11) is 0. The van der Waals surface area contributed by atoms with E-state index in [-0.39, 0.29) is 0 Å². The van der Waals surface area contributed by atoms with E-state index in [1.165, 1.54) is 0 Å². The number of nitrogens with zero attached hydrogens (tertiary/aromatic N) is 1. The molecule has 1 heterocycles. The molecule has 2 aromatic rings. The van der Waals surface area contributed by atoms with Crippen LogP contribution in [0.5, 0.6) is 0 Å². The summed E-state index contributed by atoms with van der Waals surface area (Å²) in [6.45, 7) is 4.30. The molecule has 4 heteroatoms. The second-order valence-corrected chi connectivity index (χ2v) is 5.62. The van der Waals surface area contributed by atoms with E-state index in [4.69, 9.17) is 5.11 Å². The van der Waals surface area contributed by atoms with Gasteiger partial charge in [-0.15, -0.1) is 11.8 Å². The molecule has 0 saturated heterocycles. The SMILES string of the molecule is CCC(C)Sc1ccc2c(C(=O)O)cccc2n1. The molecule has 1 unspecified atom stereocenters. The first-order chi connectivity index (χ1) is 8.61. The number of carboxylic acids is 1. The Morgan fingerprint density at radius 2 is 2.17 bits per heavy atom. The summed E-state index contributed by atoms with van der Waals surface area (Å²) >= 11 is 1.71. The lowest BCUT2D eigenvalue weighted by atomic mass is 10.1. The Morgan fingerprint density at radius 1 is 1.39 bits per heavy atom. The van der Waals surface area contributed by atoms with E-state index in [9.17, 15) is 4.79 Å². The molecule has 0 aliphatic heterocycles. The molecule has 3 nitrogen and oxygen atoms in total. The molecular weight excluding hydrogens is 246 g/mol. The Kier molecular flexibility index (Phi) is 3.87. The van der Waals surface area contributed by atoms with Crippen LogP contribution in [-0.4, -0.2) is 21.3 Å².